The number of benzene rings is 1. The van der Waals surface area contributed by atoms with Crippen LogP contribution >= 0.6 is 0 Å². The fourth-order valence-electron chi connectivity index (χ4n) is 2.02. The second-order valence-electron chi connectivity index (χ2n) is 4.84. The molecule has 3 rings (SSSR count). The molecule has 2 saturated carbocycles. The third-order valence-electron chi connectivity index (χ3n) is 3.51. The molecule has 1 N–H and O–H groups in total. The van der Waals surface area contributed by atoms with Gasteiger partial charge in [-0.15, -0.1) is 0 Å². The van der Waals surface area contributed by atoms with Gasteiger partial charge in [0.2, 0.25) is 0 Å². The van der Waals surface area contributed by atoms with Gasteiger partial charge in [0.05, 0.1) is 11.7 Å². The number of hydrogen-bond donors (Lipinski definition) is 1. The molecule has 0 bridgehead atoms. The maximum absolute atomic E-state index is 13.2. The van der Waals surface area contributed by atoms with Crippen molar-refractivity contribution in [2.45, 2.75) is 43.8 Å². The zero-order chi connectivity index (χ0) is 11.2. The van der Waals surface area contributed by atoms with E-state index in [4.69, 9.17) is 4.74 Å². The lowest BCUT2D eigenvalue weighted by atomic mass is 9.96. The lowest BCUT2D eigenvalue weighted by Crippen LogP contribution is -2.25. The van der Waals surface area contributed by atoms with Crippen LogP contribution in [-0.2, 0) is 5.60 Å². The summed E-state index contributed by atoms with van der Waals surface area (Å²) in [5, 5.41) is 10.1. The molecule has 1 aromatic rings. The Balaban J connectivity index is 1.89. The summed E-state index contributed by atoms with van der Waals surface area (Å²) in [4.78, 5) is 0. The lowest BCUT2D eigenvalue weighted by Gasteiger charge is -2.28. The average Bonchev–Trinajstić information content (AvgIpc) is 2.93. The van der Waals surface area contributed by atoms with Gasteiger partial charge >= 0.3 is 0 Å². The van der Waals surface area contributed by atoms with Gasteiger partial charge in [0.25, 0.3) is 0 Å². The van der Waals surface area contributed by atoms with Gasteiger partial charge in [-0.25, -0.2) is 4.39 Å². The monoisotopic (exact) mass is 222 g/mol. The summed E-state index contributed by atoms with van der Waals surface area (Å²) >= 11 is 0. The Hall–Kier alpha value is -1.09. The Morgan fingerprint density at radius 3 is 2.62 bits per heavy atom. The first-order valence-electron chi connectivity index (χ1n) is 5.86. The molecular weight excluding hydrogens is 207 g/mol. The predicted octanol–water partition coefficient (Wildman–Crippen LogP) is 2.74. The maximum Gasteiger partial charge on any atom is 0.126 e. The van der Waals surface area contributed by atoms with Gasteiger partial charge in [0.15, 0.2) is 0 Å². The van der Waals surface area contributed by atoms with Crippen LogP contribution in [0.3, 0.4) is 0 Å². The Bertz CT molecular complexity index is 408. The molecule has 0 aliphatic heterocycles. The molecule has 3 heteroatoms. The SMILES string of the molecule is OC1(c2cc(F)ccc2OC2CCC2)CC1. The molecule has 0 amide bonds. The number of rotatable bonds is 3. The van der Waals surface area contributed by atoms with Gasteiger partial charge in [0, 0.05) is 5.56 Å². The first-order valence-corrected chi connectivity index (χ1v) is 5.86. The number of ether oxygens (including phenoxy) is 1. The first-order chi connectivity index (χ1) is 7.67. The summed E-state index contributed by atoms with van der Waals surface area (Å²) in [5.41, 5.74) is -0.208. The van der Waals surface area contributed by atoms with E-state index in [1.807, 2.05) is 0 Å². The fourth-order valence-corrected chi connectivity index (χ4v) is 2.02. The lowest BCUT2D eigenvalue weighted by molar-refractivity contribution is 0.104. The van der Waals surface area contributed by atoms with E-state index in [2.05, 4.69) is 0 Å². The van der Waals surface area contributed by atoms with E-state index in [1.165, 1.54) is 18.6 Å². The van der Waals surface area contributed by atoms with Crippen molar-refractivity contribution in [2.75, 3.05) is 0 Å². The van der Waals surface area contributed by atoms with E-state index in [-0.39, 0.29) is 11.9 Å². The molecule has 16 heavy (non-hydrogen) atoms. The molecule has 0 atom stereocenters. The van der Waals surface area contributed by atoms with Crippen LogP contribution in [0.4, 0.5) is 4.39 Å². The minimum absolute atomic E-state index is 0.256. The highest BCUT2D eigenvalue weighted by atomic mass is 19.1. The minimum Gasteiger partial charge on any atom is -0.490 e. The molecule has 1 aromatic carbocycles. The summed E-state index contributed by atoms with van der Waals surface area (Å²) in [6.07, 6.45) is 5.00. The van der Waals surface area contributed by atoms with Crippen molar-refractivity contribution < 1.29 is 14.2 Å². The van der Waals surface area contributed by atoms with Gasteiger partial charge in [0.1, 0.15) is 11.6 Å². The van der Waals surface area contributed by atoms with Crippen LogP contribution in [0.5, 0.6) is 5.75 Å². The molecule has 0 aromatic heterocycles. The minimum atomic E-state index is -0.832. The molecule has 0 heterocycles. The molecule has 86 valence electrons. The summed E-state index contributed by atoms with van der Waals surface area (Å²) in [5.74, 6) is 0.349. The summed E-state index contributed by atoms with van der Waals surface area (Å²) in [6, 6.07) is 4.43. The highest BCUT2D eigenvalue weighted by molar-refractivity contribution is 5.41. The summed E-state index contributed by atoms with van der Waals surface area (Å²) in [6.45, 7) is 0. The molecule has 2 aliphatic rings. The fraction of sp³-hybridized carbons (Fsp3) is 0.538. The van der Waals surface area contributed by atoms with E-state index in [0.717, 1.165) is 12.8 Å². The van der Waals surface area contributed by atoms with Crippen LogP contribution in [0.1, 0.15) is 37.7 Å². The summed E-state index contributed by atoms with van der Waals surface area (Å²) < 4.78 is 18.9. The normalized spacial score (nSPS) is 22.6. The molecule has 2 fully saturated rings. The van der Waals surface area contributed by atoms with E-state index < -0.39 is 5.60 Å². The molecule has 0 saturated heterocycles. The molecule has 0 radical (unpaired) electrons. The predicted molar refractivity (Wildman–Crippen MR) is 57.8 cm³/mol. The van der Waals surface area contributed by atoms with Gasteiger partial charge in [-0.05, 0) is 50.3 Å². The van der Waals surface area contributed by atoms with E-state index in [9.17, 15) is 9.50 Å². The molecule has 0 unspecified atom stereocenters. The largest absolute Gasteiger partial charge is 0.490 e. The zero-order valence-electron chi connectivity index (χ0n) is 9.08. The quantitative estimate of drug-likeness (QED) is 0.852. The second kappa shape index (κ2) is 3.45. The average molecular weight is 222 g/mol. The third-order valence-corrected chi connectivity index (χ3v) is 3.51. The first kappa shape index (κ1) is 10.1. The molecule has 2 aliphatic carbocycles. The number of halogens is 1. The van der Waals surface area contributed by atoms with Crippen molar-refractivity contribution in [3.8, 4) is 5.75 Å². The molecule has 0 spiro atoms. The Kier molecular flexibility index (Phi) is 2.18. The number of aliphatic hydroxyl groups is 1. The topological polar surface area (TPSA) is 29.5 Å². The van der Waals surface area contributed by atoms with Crippen molar-refractivity contribution in [2.24, 2.45) is 0 Å². The molecular formula is C13H15FO2. The van der Waals surface area contributed by atoms with Crippen molar-refractivity contribution in [3.05, 3.63) is 29.6 Å². The van der Waals surface area contributed by atoms with E-state index >= 15 is 0 Å². The zero-order valence-corrected chi connectivity index (χ0v) is 9.08. The van der Waals surface area contributed by atoms with Crippen LogP contribution < -0.4 is 4.74 Å². The van der Waals surface area contributed by atoms with Crippen LogP contribution in [0.15, 0.2) is 18.2 Å². The Morgan fingerprint density at radius 1 is 1.31 bits per heavy atom. The Morgan fingerprint density at radius 2 is 2.06 bits per heavy atom. The van der Waals surface area contributed by atoms with Crippen LogP contribution in [0, 0.1) is 5.82 Å². The third kappa shape index (κ3) is 1.69. The highest BCUT2D eigenvalue weighted by Gasteiger charge is 2.44. The van der Waals surface area contributed by atoms with Gasteiger partial charge in [-0.2, -0.15) is 0 Å². The second-order valence-corrected chi connectivity index (χ2v) is 4.84. The van der Waals surface area contributed by atoms with Gasteiger partial charge < -0.3 is 9.84 Å². The van der Waals surface area contributed by atoms with Crippen LogP contribution in [0.2, 0.25) is 0 Å². The molecule has 2 nitrogen and oxygen atoms in total. The van der Waals surface area contributed by atoms with Gasteiger partial charge in [-0.1, -0.05) is 0 Å². The van der Waals surface area contributed by atoms with E-state index in [0.29, 0.717) is 24.2 Å². The van der Waals surface area contributed by atoms with E-state index in [1.54, 1.807) is 6.07 Å². The maximum atomic E-state index is 13.2. The Labute approximate surface area is 94.0 Å². The van der Waals surface area contributed by atoms with Crippen LogP contribution in [0.25, 0.3) is 0 Å². The van der Waals surface area contributed by atoms with Crippen molar-refractivity contribution >= 4 is 0 Å². The number of hydrogen-bond acceptors (Lipinski definition) is 2. The highest BCUT2D eigenvalue weighted by Crippen LogP contribution is 2.49. The van der Waals surface area contributed by atoms with Crippen molar-refractivity contribution in [1.29, 1.82) is 0 Å². The summed E-state index contributed by atoms with van der Waals surface area (Å²) in [7, 11) is 0. The standard InChI is InChI=1S/C13H15FO2/c14-9-4-5-12(16-10-2-1-3-10)11(8-9)13(15)6-7-13/h4-5,8,10,15H,1-3,6-7H2. The smallest absolute Gasteiger partial charge is 0.126 e. The van der Waals surface area contributed by atoms with Crippen LogP contribution in [-0.4, -0.2) is 11.2 Å². The van der Waals surface area contributed by atoms with Crippen molar-refractivity contribution in [3.63, 3.8) is 0 Å². The van der Waals surface area contributed by atoms with Crippen molar-refractivity contribution in [1.82, 2.24) is 0 Å². The van der Waals surface area contributed by atoms with Gasteiger partial charge in [-0.3, -0.25) is 0 Å².